The average molecular weight is 839 g/mol. The summed E-state index contributed by atoms with van der Waals surface area (Å²) in [4.78, 5) is 16.3. The maximum Gasteiger partial charge on any atom is 0.418 e. The molecule has 253 valence electrons. The van der Waals surface area contributed by atoms with Gasteiger partial charge in [0.25, 0.3) is 0 Å². The number of hydrogen-bond acceptors (Lipinski definition) is 4. The van der Waals surface area contributed by atoms with Crippen molar-refractivity contribution in [1.82, 2.24) is 4.98 Å². The molecule has 0 aliphatic heterocycles. The summed E-state index contributed by atoms with van der Waals surface area (Å²) >= 11 is 1.17. The van der Waals surface area contributed by atoms with Crippen LogP contribution in [0.4, 0.5) is 13.2 Å². The van der Waals surface area contributed by atoms with Gasteiger partial charge in [-0.05, 0) is 55.5 Å². The Morgan fingerprint density at radius 2 is 1.53 bits per heavy atom. The number of allylic oxidation sites excluding steroid dienone is 2. The summed E-state index contributed by atoms with van der Waals surface area (Å²) in [6, 6.07) is 18.7. The number of hydrogen-bond donors (Lipinski definition) is 1. The van der Waals surface area contributed by atoms with Crippen LogP contribution in [0.3, 0.4) is 0 Å². The molecule has 0 aliphatic carbocycles. The molecule has 0 saturated heterocycles. The van der Waals surface area contributed by atoms with Crippen molar-refractivity contribution in [1.29, 1.82) is 0 Å². The summed E-state index contributed by atoms with van der Waals surface area (Å²) < 4.78 is 42.5. The molecule has 5 aromatic rings. The van der Waals surface area contributed by atoms with Crippen LogP contribution in [0.2, 0.25) is 0 Å². The third-order valence-electron chi connectivity index (χ3n) is 8.81. The minimum absolute atomic E-state index is 0. The van der Waals surface area contributed by atoms with Crippen molar-refractivity contribution in [3.63, 3.8) is 0 Å². The second-order valence-electron chi connectivity index (χ2n) is 12.1. The maximum absolute atomic E-state index is 13.8. The number of nitrogens with zero attached hydrogens (tertiary/aromatic N) is 1. The Morgan fingerprint density at radius 1 is 0.915 bits per heavy atom. The Labute approximate surface area is 293 Å². The van der Waals surface area contributed by atoms with E-state index in [-0.39, 0.29) is 53.7 Å². The normalized spacial score (nSPS) is 12.2. The SMILES string of the molecule is CCC(CC)C(=O)/C=C(\O)C(CC)CC.Cc1ccc2c(sc3c(-c4[c-]c5ccccc5c(C(C)C)c4)nccc32)c1C(F)(F)F.[Ir]. The van der Waals surface area contributed by atoms with E-state index in [1.54, 1.807) is 24.4 Å². The van der Waals surface area contributed by atoms with Crippen LogP contribution in [0.1, 0.15) is 89.8 Å². The van der Waals surface area contributed by atoms with Gasteiger partial charge in [0.05, 0.1) is 11.3 Å². The van der Waals surface area contributed by atoms with Crippen LogP contribution in [0, 0.1) is 24.8 Å². The van der Waals surface area contributed by atoms with Crippen molar-refractivity contribution < 1.29 is 43.2 Å². The molecule has 0 saturated carbocycles. The smallest absolute Gasteiger partial charge is 0.418 e. The van der Waals surface area contributed by atoms with Crippen LogP contribution in [0.15, 0.2) is 66.6 Å². The van der Waals surface area contributed by atoms with Gasteiger partial charge >= 0.3 is 6.18 Å². The zero-order chi connectivity index (χ0) is 33.8. The van der Waals surface area contributed by atoms with Crippen LogP contribution in [-0.2, 0) is 31.1 Å². The first kappa shape index (κ1) is 38.4. The van der Waals surface area contributed by atoms with E-state index < -0.39 is 11.7 Å². The van der Waals surface area contributed by atoms with E-state index in [9.17, 15) is 23.1 Å². The molecule has 3 nitrogen and oxygen atoms in total. The number of thiophene rings is 1. The molecule has 2 aromatic heterocycles. The fourth-order valence-corrected chi connectivity index (χ4v) is 7.47. The number of benzene rings is 3. The fraction of sp³-hybridized carbons (Fsp3) is 0.385. The number of aliphatic hydroxyl groups is 1. The van der Waals surface area contributed by atoms with Crippen LogP contribution >= 0.6 is 11.3 Å². The quantitative estimate of drug-likeness (QED) is 0.0914. The number of aromatic nitrogens is 1. The molecule has 3 aromatic carbocycles. The minimum Gasteiger partial charge on any atom is -0.512 e. The molecule has 0 fully saturated rings. The Bertz CT molecular complexity index is 1870. The van der Waals surface area contributed by atoms with E-state index in [2.05, 4.69) is 37.0 Å². The largest absolute Gasteiger partial charge is 0.512 e. The van der Waals surface area contributed by atoms with Crippen LogP contribution in [-0.4, -0.2) is 15.9 Å². The number of fused-ring (bicyclic) bond motifs is 4. The van der Waals surface area contributed by atoms with Crippen molar-refractivity contribution in [3.8, 4) is 11.3 Å². The van der Waals surface area contributed by atoms with Crippen LogP contribution < -0.4 is 0 Å². The molecule has 0 unspecified atom stereocenters. The Kier molecular flexibility index (Phi) is 13.4. The number of carbonyl (C=O) groups is 1. The van der Waals surface area contributed by atoms with Gasteiger partial charge in [-0.3, -0.25) is 9.78 Å². The van der Waals surface area contributed by atoms with Crippen molar-refractivity contribution >= 4 is 48.1 Å². The van der Waals surface area contributed by atoms with E-state index in [1.165, 1.54) is 29.9 Å². The van der Waals surface area contributed by atoms with E-state index in [0.29, 0.717) is 17.0 Å². The van der Waals surface area contributed by atoms with Gasteiger partial charge in [-0.25, -0.2) is 0 Å². The third-order valence-corrected chi connectivity index (χ3v) is 10.1. The summed E-state index contributed by atoms with van der Waals surface area (Å²) in [6.45, 7) is 13.9. The monoisotopic (exact) mass is 839 g/mol. The number of alkyl halides is 3. The summed E-state index contributed by atoms with van der Waals surface area (Å²) in [5.74, 6) is 0.838. The molecular weight excluding hydrogens is 796 g/mol. The van der Waals surface area contributed by atoms with Crippen LogP contribution in [0.25, 0.3) is 42.2 Å². The second kappa shape index (κ2) is 16.4. The first-order valence-electron chi connectivity index (χ1n) is 16.1. The third kappa shape index (κ3) is 8.33. The predicted molar refractivity (Wildman–Crippen MR) is 187 cm³/mol. The number of rotatable bonds is 9. The van der Waals surface area contributed by atoms with Crippen molar-refractivity contribution in [2.24, 2.45) is 11.8 Å². The van der Waals surface area contributed by atoms with Crippen molar-refractivity contribution in [2.75, 3.05) is 0 Å². The Hall–Kier alpha value is -3.06. The van der Waals surface area contributed by atoms with Gasteiger partial charge in [0.2, 0.25) is 0 Å². The zero-order valence-electron chi connectivity index (χ0n) is 28.0. The van der Waals surface area contributed by atoms with Gasteiger partial charge in [0.1, 0.15) is 0 Å². The summed E-state index contributed by atoms with van der Waals surface area (Å²) in [5, 5.41) is 13.3. The van der Waals surface area contributed by atoms with Gasteiger partial charge in [-0.15, -0.1) is 40.5 Å². The summed E-state index contributed by atoms with van der Waals surface area (Å²) in [6.07, 6.45) is 2.18. The van der Waals surface area contributed by atoms with E-state index in [0.717, 1.165) is 52.1 Å². The second-order valence-corrected chi connectivity index (χ2v) is 13.1. The minimum atomic E-state index is -4.40. The number of halogens is 3. The Balaban J connectivity index is 0.000000322. The molecule has 1 N–H and O–H groups in total. The summed E-state index contributed by atoms with van der Waals surface area (Å²) in [7, 11) is 0. The van der Waals surface area contributed by atoms with Gasteiger partial charge in [-0.1, -0.05) is 82.8 Å². The number of aliphatic hydroxyl groups excluding tert-OH is 1. The number of ketones is 1. The number of carbonyl (C=O) groups excluding carboxylic acids is 1. The molecule has 0 atom stereocenters. The first-order valence-corrected chi connectivity index (χ1v) is 16.9. The maximum atomic E-state index is 13.8. The molecule has 47 heavy (non-hydrogen) atoms. The molecule has 1 radical (unpaired) electrons. The van der Waals surface area contributed by atoms with Crippen molar-refractivity contribution in [3.05, 3.63) is 89.3 Å². The number of pyridine rings is 1. The van der Waals surface area contributed by atoms with E-state index in [1.807, 2.05) is 45.9 Å². The van der Waals surface area contributed by atoms with Gasteiger partial charge in [0, 0.05) is 64.7 Å². The van der Waals surface area contributed by atoms with Crippen LogP contribution in [0.5, 0.6) is 0 Å². The first-order chi connectivity index (χ1) is 21.9. The molecule has 2 heterocycles. The standard InChI is InChI=1S/C26H19F3NS.C13H24O2.Ir/c1-14(2)21-13-17(12-16-6-4-5-7-18(16)21)23-25-20(10-11-30-23)19-9-8-15(3)22(24(19)31-25)26(27,28)29;1-5-10(6-2)12(14)9-13(15)11(7-3)8-4;/h4-11,13-14H,1-3H3;9-11,14H,5-8H2,1-4H3;/q-1;;/b;12-9-;. The van der Waals surface area contributed by atoms with Crippen molar-refractivity contribution in [2.45, 2.75) is 86.2 Å². The predicted octanol–water partition coefficient (Wildman–Crippen LogP) is 12.4. The molecule has 0 spiro atoms. The van der Waals surface area contributed by atoms with Gasteiger partial charge in [-0.2, -0.15) is 13.2 Å². The fourth-order valence-electron chi connectivity index (χ4n) is 6.05. The van der Waals surface area contributed by atoms with E-state index in [4.69, 9.17) is 0 Å². The molecular formula is C39H43F3IrNO2S-. The molecule has 0 aliphatic rings. The zero-order valence-corrected chi connectivity index (χ0v) is 31.2. The van der Waals surface area contributed by atoms with E-state index >= 15 is 0 Å². The Morgan fingerprint density at radius 3 is 2.13 bits per heavy atom. The van der Waals surface area contributed by atoms with Gasteiger partial charge < -0.3 is 5.11 Å². The molecule has 0 bridgehead atoms. The summed E-state index contributed by atoms with van der Waals surface area (Å²) in [5.41, 5.74) is 2.35. The van der Waals surface area contributed by atoms with Gasteiger partial charge in [0.15, 0.2) is 5.78 Å². The number of aryl methyl sites for hydroxylation is 1. The molecule has 5 rings (SSSR count). The molecule has 8 heteroatoms. The molecule has 0 amide bonds. The average Bonchev–Trinajstić information content (AvgIpc) is 3.39. The topological polar surface area (TPSA) is 50.2 Å².